The summed E-state index contributed by atoms with van der Waals surface area (Å²) >= 11 is 1.69. The molecule has 0 spiro atoms. The van der Waals surface area contributed by atoms with Crippen LogP contribution in [0.5, 0.6) is 0 Å². The van der Waals surface area contributed by atoms with Gasteiger partial charge in [-0.05, 0) is 30.3 Å². The molecule has 14 nitrogen and oxygen atoms in total. The van der Waals surface area contributed by atoms with Crippen LogP contribution in [-0.2, 0) is 135 Å². The molecule has 6 radical (unpaired) electrons. The zero-order valence-electron chi connectivity index (χ0n) is 48.1. The van der Waals surface area contributed by atoms with Crippen molar-refractivity contribution in [3.63, 3.8) is 0 Å². The maximum absolute atomic E-state index is 5.04. The predicted octanol–water partition coefficient (Wildman–Crippen LogP) is 14.4. The minimum absolute atomic E-state index is 0. The van der Waals surface area contributed by atoms with E-state index in [1.807, 2.05) is 190 Å². The summed E-state index contributed by atoms with van der Waals surface area (Å²) in [6.45, 7) is 4.58. The fourth-order valence-electron chi connectivity index (χ4n) is 6.76. The van der Waals surface area contributed by atoms with Gasteiger partial charge in [0.2, 0.25) is 0 Å². The molecule has 472 valence electrons. The zero-order chi connectivity index (χ0) is 50.0. The van der Waals surface area contributed by atoms with Gasteiger partial charge >= 0.3 is 0 Å². The second kappa shape index (κ2) is 51.4. The number of oxime groups is 1. The summed E-state index contributed by atoms with van der Waals surface area (Å²) in [5, 5.41) is 21.7. The molecule has 6 aliphatic heterocycles. The van der Waals surface area contributed by atoms with Crippen LogP contribution in [0.3, 0.4) is 0 Å². The van der Waals surface area contributed by atoms with Crippen LogP contribution < -0.4 is 34.6 Å². The summed E-state index contributed by atoms with van der Waals surface area (Å²) in [6, 6.07) is 75.9. The molecule has 7 aromatic carbocycles. The molecule has 0 saturated heterocycles. The van der Waals surface area contributed by atoms with Crippen LogP contribution >= 0.6 is 19.7 Å². The Labute approximate surface area is 595 Å². The van der Waals surface area contributed by atoms with Crippen molar-refractivity contribution >= 4 is 84.1 Å². The molecule has 0 N–H and O–H groups in total. The van der Waals surface area contributed by atoms with E-state index in [-0.39, 0.29) is 173 Å². The molecule has 1 atom stereocenters. The van der Waals surface area contributed by atoms with E-state index in [0.717, 1.165) is 53.0 Å². The molecule has 85 heavy (non-hydrogen) atoms. The van der Waals surface area contributed by atoms with E-state index in [2.05, 4.69) is 110 Å². The summed E-state index contributed by atoms with van der Waals surface area (Å²) in [4.78, 5) is 13.0. The van der Waals surface area contributed by atoms with Crippen molar-refractivity contribution in [3.8, 4) is 0 Å². The Hall–Kier alpha value is -4.62. The van der Waals surface area contributed by atoms with Gasteiger partial charge in [0.05, 0.1) is 17.1 Å². The number of thioether (sulfide) groups is 1. The maximum atomic E-state index is 5.04. The fraction of sp³-hybridized carbons (Fsp3) is 0.111. The average molecular weight is 2250 g/mol. The van der Waals surface area contributed by atoms with Crippen molar-refractivity contribution in [3.05, 3.63) is 281 Å². The molecule has 6 heterocycles. The van der Waals surface area contributed by atoms with Crippen LogP contribution in [0.1, 0.15) is 0 Å². The standard InChI is InChI=1S/C14H12N3.C10H11NP.C9H8NO.2C8H7N2O.C8H7N2S.6CH3.6Ir/c1-3-7-13(8-4-1)16-11-15-17(12-16)14-9-5-2-6-10-14;1-12-8-7-11(9-12)10-5-3-2-4-6-10;1-2-4-9(5-3-1)10-6-7-11-8-10;1-2-4-8(5-3-1)10-7-11-6-9-10;1-2-4-8(5-3-1)10-6-9-11-7-10;1-2-4-8(5-3-1)10-7-11-6-9-10;;;;;;;;;;;;/h1-7,9-11H,12H2;2-5,7-8H,9H2,1H3;1-4,6-7H,8H2;3*1-4,6H,7H2;6*1H3;;;;;;/q12*-1;;;;;;. The number of hydrogen-bond acceptors (Lipinski definition) is 15. The summed E-state index contributed by atoms with van der Waals surface area (Å²) in [5.41, 5.74) is 9.16. The normalized spacial score (nSPS) is 13.8. The second-order valence-electron chi connectivity index (χ2n) is 15.6. The van der Waals surface area contributed by atoms with Gasteiger partial charge in [0.1, 0.15) is 25.6 Å². The van der Waals surface area contributed by atoms with Crippen molar-refractivity contribution < 1.29 is 135 Å². The molecule has 0 bridgehead atoms. The summed E-state index contributed by atoms with van der Waals surface area (Å²) in [6.07, 6.45) is 11.8. The van der Waals surface area contributed by atoms with Gasteiger partial charge in [-0.15, -0.1) is 41.5 Å². The Bertz CT molecular complexity index is 2580. The summed E-state index contributed by atoms with van der Waals surface area (Å²) in [5.74, 6) is 3.19. The van der Waals surface area contributed by atoms with Crippen molar-refractivity contribution in [1.82, 2.24) is 0 Å². The van der Waals surface area contributed by atoms with Crippen molar-refractivity contribution in [1.29, 1.82) is 0 Å². The van der Waals surface area contributed by atoms with Crippen LogP contribution in [0.2, 0.25) is 0 Å². The molecule has 0 aromatic heterocycles. The number of rotatable bonds is 7. The maximum Gasteiger partial charge on any atom is 0.195 e. The number of hydrogen-bond donors (Lipinski definition) is 0. The molecular weight excluding hydrogens is 2180 g/mol. The molecule has 6 aliphatic rings. The predicted molar refractivity (Wildman–Crippen MR) is 339 cm³/mol. The third-order valence-electron chi connectivity index (χ3n) is 10.4. The van der Waals surface area contributed by atoms with E-state index >= 15 is 0 Å². The Kier molecular flexibility index (Phi) is 53.9. The molecule has 0 saturated carbocycles. The van der Waals surface area contributed by atoms with E-state index in [0.29, 0.717) is 20.2 Å². The number of hydrazone groups is 3. The van der Waals surface area contributed by atoms with Gasteiger partial charge in [-0.3, -0.25) is 10.0 Å². The smallest absolute Gasteiger partial charge is 0.195 e. The quantitative estimate of drug-likeness (QED) is 0.113. The van der Waals surface area contributed by atoms with Crippen molar-refractivity contribution in [2.24, 2.45) is 20.5 Å². The number of ether oxygens (including phenoxy) is 2. The summed E-state index contributed by atoms with van der Waals surface area (Å²) in [7, 11) is 0.0974. The van der Waals surface area contributed by atoms with Crippen LogP contribution in [-0.4, -0.2) is 70.3 Å². The first kappa shape index (κ1) is 89.1. The Morgan fingerprint density at radius 1 is 0.435 bits per heavy atom. The SMILES string of the molecule is CP1C=CN(c2[c-]cccc2)C1.[CH3-].[CH3-].[CH3-].[CH3-].[CH3-].[CH3-].[Ir].[Ir].[Ir].[Ir].[Ir].[Ir].[c-]1ccccc1N1C=COC1.[c-]1ccccc1N1C=NN(c2ccccc2)C1.[c-]1ccccc1N1C=NOC1.[c-]1ccccc1N1COC=N1.[c-]1ccccc1N1CSC=N1. The van der Waals surface area contributed by atoms with Gasteiger partial charge in [-0.1, -0.05) is 71.5 Å². The van der Waals surface area contributed by atoms with Crippen LogP contribution in [0, 0.1) is 81.0 Å². The van der Waals surface area contributed by atoms with E-state index in [1.54, 1.807) is 29.4 Å². The number of nitrogens with zero attached hydrogens (tertiary/aromatic N) is 11. The van der Waals surface area contributed by atoms with E-state index < -0.39 is 0 Å². The second-order valence-corrected chi connectivity index (χ2v) is 18.5. The first-order valence-electron chi connectivity index (χ1n) is 23.1. The fourth-order valence-corrected chi connectivity index (χ4v) is 8.56. The van der Waals surface area contributed by atoms with Crippen molar-refractivity contribution in [2.45, 2.75) is 0 Å². The minimum Gasteiger partial charge on any atom is -0.479 e. The molecule has 1 unspecified atom stereocenters. The van der Waals surface area contributed by atoms with Gasteiger partial charge < -0.3 is 78.5 Å². The minimum atomic E-state index is 0. The molecule has 0 aliphatic carbocycles. The van der Waals surface area contributed by atoms with E-state index in [9.17, 15) is 0 Å². The number of para-hydroxylation sites is 7. The molecule has 0 amide bonds. The van der Waals surface area contributed by atoms with Gasteiger partial charge in [-0.2, -0.15) is 156 Å². The largest absolute Gasteiger partial charge is 0.479 e. The molecule has 7 aromatic rings. The Morgan fingerprint density at radius 2 is 0.906 bits per heavy atom. The van der Waals surface area contributed by atoms with Gasteiger partial charge in [0, 0.05) is 139 Å². The van der Waals surface area contributed by atoms with Gasteiger partial charge in [-0.25, -0.2) is 5.01 Å². The first-order valence-corrected chi connectivity index (χ1v) is 26.1. The third-order valence-corrected chi connectivity index (χ3v) is 12.5. The monoisotopic (exact) mass is 2250 g/mol. The Morgan fingerprint density at radius 3 is 1.31 bits per heavy atom. The van der Waals surface area contributed by atoms with Crippen LogP contribution in [0.25, 0.3) is 0 Å². The average Bonchev–Trinajstić information content (AvgIpc) is 4.45. The molecule has 13 rings (SSSR count). The molecule has 0 fully saturated rings. The zero-order valence-corrected chi connectivity index (χ0v) is 64.2. The number of benzene rings is 7. The van der Waals surface area contributed by atoms with Crippen molar-refractivity contribution in [2.75, 3.05) is 80.3 Å². The molecule has 22 heteroatoms. The summed E-state index contributed by atoms with van der Waals surface area (Å²) < 4.78 is 9.96. The topological polar surface area (TPSA) is 99.8 Å². The van der Waals surface area contributed by atoms with Crippen LogP contribution in [0.15, 0.2) is 221 Å². The number of anilines is 7. The third kappa shape index (κ3) is 30.2. The van der Waals surface area contributed by atoms with E-state index in [4.69, 9.17) is 14.3 Å². The van der Waals surface area contributed by atoms with E-state index in [1.165, 1.54) is 12.1 Å². The Balaban J connectivity index is -0.000000295. The molecular formula is C63H70Ir6N11O3PS-12. The first-order chi connectivity index (χ1) is 36.2. The van der Waals surface area contributed by atoms with Crippen LogP contribution in [0.4, 0.5) is 39.8 Å². The van der Waals surface area contributed by atoms with Gasteiger partial charge in [0.15, 0.2) is 26.6 Å². The van der Waals surface area contributed by atoms with Gasteiger partial charge in [0.25, 0.3) is 0 Å².